The van der Waals surface area contributed by atoms with Crippen LogP contribution < -0.4 is 4.74 Å². The predicted molar refractivity (Wildman–Crippen MR) is 125 cm³/mol. The summed E-state index contributed by atoms with van der Waals surface area (Å²) >= 11 is 0. The Morgan fingerprint density at radius 3 is 2.71 bits per heavy atom. The molecule has 0 saturated carbocycles. The van der Waals surface area contributed by atoms with Gasteiger partial charge in [-0.15, -0.1) is 0 Å². The maximum Gasteiger partial charge on any atom is 0.145 e. The van der Waals surface area contributed by atoms with Gasteiger partial charge in [0, 0.05) is 37.7 Å². The number of nitrogens with zero attached hydrogens (tertiary/aromatic N) is 2. The van der Waals surface area contributed by atoms with Gasteiger partial charge in [0.2, 0.25) is 0 Å². The van der Waals surface area contributed by atoms with Crippen molar-refractivity contribution in [1.29, 1.82) is 0 Å². The largest absolute Gasteiger partial charge is 0.497 e. The third-order valence-electron chi connectivity index (χ3n) is 5.63. The van der Waals surface area contributed by atoms with E-state index in [4.69, 9.17) is 18.7 Å². The molecule has 1 N–H and O–H groups in total. The number of halogens is 2. The molecule has 1 aliphatic rings. The maximum absolute atomic E-state index is 14.3. The summed E-state index contributed by atoms with van der Waals surface area (Å²) in [4.78, 5) is 7.50. The Bertz CT molecular complexity index is 1110. The van der Waals surface area contributed by atoms with Gasteiger partial charge >= 0.3 is 0 Å². The zero-order valence-electron chi connectivity index (χ0n) is 19.4. The lowest BCUT2D eigenvalue weighted by molar-refractivity contribution is -0.00976. The SMILES string of the molecule is COc1ccc(C2=NO[C@@H](CN(Cc3ccc(F)cc3F)C[C@H](O)COCc3ccco3)C2)cc1. The molecule has 2 atom stereocenters. The Balaban J connectivity index is 1.36. The molecule has 186 valence electrons. The van der Waals surface area contributed by atoms with Gasteiger partial charge in [0.05, 0.1) is 31.8 Å². The average Bonchev–Trinajstić information content (AvgIpc) is 3.53. The summed E-state index contributed by atoms with van der Waals surface area (Å²) in [6, 6.07) is 14.6. The summed E-state index contributed by atoms with van der Waals surface area (Å²) in [7, 11) is 1.61. The molecule has 2 heterocycles. The van der Waals surface area contributed by atoms with Crippen molar-refractivity contribution < 1.29 is 32.6 Å². The molecule has 3 aromatic rings. The molecule has 4 rings (SSSR count). The minimum Gasteiger partial charge on any atom is -0.497 e. The van der Waals surface area contributed by atoms with Gasteiger partial charge in [-0.25, -0.2) is 8.78 Å². The monoisotopic (exact) mass is 486 g/mol. The maximum atomic E-state index is 14.3. The van der Waals surface area contributed by atoms with Crippen LogP contribution in [0.15, 0.2) is 70.4 Å². The summed E-state index contributed by atoms with van der Waals surface area (Å²) in [6.07, 6.45) is 0.987. The van der Waals surface area contributed by atoms with Crippen molar-refractivity contribution in [2.45, 2.75) is 31.8 Å². The second-order valence-electron chi connectivity index (χ2n) is 8.38. The van der Waals surface area contributed by atoms with E-state index in [1.165, 1.54) is 12.1 Å². The molecule has 0 bridgehead atoms. The van der Waals surface area contributed by atoms with E-state index in [-0.39, 0.29) is 32.4 Å². The zero-order chi connectivity index (χ0) is 24.6. The molecular formula is C26H28F2N2O5. The molecule has 35 heavy (non-hydrogen) atoms. The predicted octanol–water partition coefficient (Wildman–Crippen LogP) is 4.14. The Morgan fingerprint density at radius 2 is 2.00 bits per heavy atom. The summed E-state index contributed by atoms with van der Waals surface area (Å²) in [5.41, 5.74) is 2.05. The molecule has 0 saturated heterocycles. The normalized spacial score (nSPS) is 16.3. The van der Waals surface area contributed by atoms with Crippen molar-refractivity contribution in [1.82, 2.24) is 4.90 Å². The highest BCUT2D eigenvalue weighted by molar-refractivity contribution is 6.01. The highest BCUT2D eigenvalue weighted by Gasteiger charge is 2.26. The van der Waals surface area contributed by atoms with E-state index in [1.807, 2.05) is 29.2 Å². The van der Waals surface area contributed by atoms with Crippen LogP contribution in [0.3, 0.4) is 0 Å². The zero-order valence-corrected chi connectivity index (χ0v) is 19.4. The van der Waals surface area contributed by atoms with E-state index in [2.05, 4.69) is 5.16 Å². The number of hydrogen-bond acceptors (Lipinski definition) is 7. The summed E-state index contributed by atoms with van der Waals surface area (Å²) < 4.78 is 43.7. The summed E-state index contributed by atoms with van der Waals surface area (Å²) in [6.45, 7) is 1.06. The minimum absolute atomic E-state index is 0.0716. The van der Waals surface area contributed by atoms with E-state index in [9.17, 15) is 13.9 Å². The van der Waals surface area contributed by atoms with Crippen LogP contribution in [0.4, 0.5) is 8.78 Å². The lowest BCUT2D eigenvalue weighted by atomic mass is 10.0. The van der Waals surface area contributed by atoms with Gasteiger partial charge in [-0.3, -0.25) is 4.90 Å². The third kappa shape index (κ3) is 7.11. The summed E-state index contributed by atoms with van der Waals surface area (Å²) in [5.74, 6) is 0.132. The number of methoxy groups -OCH3 is 1. The summed E-state index contributed by atoms with van der Waals surface area (Å²) in [5, 5.41) is 14.8. The Labute approximate surface area is 202 Å². The van der Waals surface area contributed by atoms with Crippen molar-refractivity contribution in [3.05, 3.63) is 89.4 Å². The first kappa shape index (κ1) is 24.8. The van der Waals surface area contributed by atoms with Crippen molar-refractivity contribution in [3.8, 4) is 5.75 Å². The number of rotatable bonds is 12. The molecule has 0 radical (unpaired) electrons. The fourth-order valence-corrected chi connectivity index (χ4v) is 3.90. The van der Waals surface area contributed by atoms with Crippen molar-refractivity contribution >= 4 is 5.71 Å². The van der Waals surface area contributed by atoms with E-state index < -0.39 is 17.7 Å². The molecule has 1 aromatic heterocycles. The van der Waals surface area contributed by atoms with E-state index in [0.29, 0.717) is 24.3 Å². The van der Waals surface area contributed by atoms with Crippen LogP contribution in [0.2, 0.25) is 0 Å². The van der Waals surface area contributed by atoms with Crippen LogP contribution in [0, 0.1) is 11.6 Å². The highest BCUT2D eigenvalue weighted by atomic mass is 19.1. The van der Waals surface area contributed by atoms with Gasteiger partial charge in [0.15, 0.2) is 0 Å². The fourth-order valence-electron chi connectivity index (χ4n) is 3.90. The Kier molecular flexibility index (Phi) is 8.46. The number of aliphatic hydroxyl groups excluding tert-OH is 1. The second-order valence-corrected chi connectivity index (χ2v) is 8.38. The van der Waals surface area contributed by atoms with Crippen LogP contribution in [-0.4, -0.2) is 54.7 Å². The van der Waals surface area contributed by atoms with Gasteiger partial charge in [0.1, 0.15) is 35.9 Å². The van der Waals surface area contributed by atoms with Crippen LogP contribution in [0.25, 0.3) is 0 Å². The second kappa shape index (κ2) is 11.9. The van der Waals surface area contributed by atoms with Crippen LogP contribution in [0.1, 0.15) is 23.3 Å². The van der Waals surface area contributed by atoms with Gasteiger partial charge in [-0.1, -0.05) is 11.2 Å². The lowest BCUT2D eigenvalue weighted by Crippen LogP contribution is -2.39. The van der Waals surface area contributed by atoms with E-state index >= 15 is 0 Å². The molecule has 0 aliphatic carbocycles. The molecular weight excluding hydrogens is 458 g/mol. The highest BCUT2D eigenvalue weighted by Crippen LogP contribution is 2.21. The van der Waals surface area contributed by atoms with Gasteiger partial charge in [-0.2, -0.15) is 0 Å². The third-order valence-corrected chi connectivity index (χ3v) is 5.63. The number of aliphatic hydroxyl groups is 1. The number of hydrogen-bond donors (Lipinski definition) is 1. The van der Waals surface area contributed by atoms with Crippen LogP contribution in [-0.2, 0) is 22.7 Å². The molecule has 1 aliphatic heterocycles. The standard InChI is InChI=1S/C26H28F2N2O5/c1-32-22-8-5-18(6-9-22)26-12-24(35-29-26)15-30(13-19-4-7-20(27)11-25(19)28)14-21(31)16-33-17-23-3-2-10-34-23/h2-11,21,24,31H,12-17H2,1H3/t21-,24+/m0/s1. The molecule has 0 amide bonds. The molecule has 0 unspecified atom stereocenters. The van der Waals surface area contributed by atoms with E-state index in [0.717, 1.165) is 23.1 Å². The number of ether oxygens (including phenoxy) is 2. The number of furan rings is 1. The van der Waals surface area contributed by atoms with Gasteiger partial charge in [0.25, 0.3) is 0 Å². The molecule has 9 heteroatoms. The van der Waals surface area contributed by atoms with Crippen LogP contribution >= 0.6 is 0 Å². The lowest BCUT2D eigenvalue weighted by Gasteiger charge is -2.27. The van der Waals surface area contributed by atoms with Gasteiger partial charge < -0.3 is 23.8 Å². The number of oxime groups is 1. The van der Waals surface area contributed by atoms with Crippen LogP contribution in [0.5, 0.6) is 5.75 Å². The first-order chi connectivity index (χ1) is 17.0. The molecule has 2 aromatic carbocycles. The van der Waals surface area contributed by atoms with Crippen molar-refractivity contribution in [2.24, 2.45) is 5.16 Å². The smallest absolute Gasteiger partial charge is 0.145 e. The Hall–Kier alpha value is -3.27. The first-order valence-corrected chi connectivity index (χ1v) is 11.3. The molecule has 0 fully saturated rings. The average molecular weight is 487 g/mol. The topological polar surface area (TPSA) is 76.7 Å². The molecule has 7 nitrogen and oxygen atoms in total. The number of benzene rings is 2. The first-order valence-electron chi connectivity index (χ1n) is 11.3. The van der Waals surface area contributed by atoms with Crippen molar-refractivity contribution in [2.75, 3.05) is 26.8 Å². The quantitative estimate of drug-likeness (QED) is 0.415. The minimum atomic E-state index is -0.836. The van der Waals surface area contributed by atoms with Gasteiger partial charge in [-0.05, 0) is 48.0 Å². The molecule has 0 spiro atoms. The van der Waals surface area contributed by atoms with E-state index in [1.54, 1.807) is 25.5 Å². The fraction of sp³-hybridized carbons (Fsp3) is 0.346. The van der Waals surface area contributed by atoms with Crippen molar-refractivity contribution in [3.63, 3.8) is 0 Å². The Morgan fingerprint density at radius 1 is 1.17 bits per heavy atom.